The molecule has 1 aliphatic carbocycles. The van der Waals surface area contributed by atoms with Gasteiger partial charge in [0.2, 0.25) is 0 Å². The molecule has 0 bridgehead atoms. The maximum Gasteiger partial charge on any atom is 0.498 e. The number of nitrogens with one attached hydrogen (secondary N) is 2. The topological polar surface area (TPSA) is 220 Å². The quantitative estimate of drug-likeness (QED) is 0.113. The first-order valence-electron chi connectivity index (χ1n) is 32.0. The summed E-state index contributed by atoms with van der Waals surface area (Å²) < 4.78 is 48.3. The third-order valence-corrected chi connectivity index (χ3v) is 19.3. The van der Waals surface area contributed by atoms with Gasteiger partial charge in [0.25, 0.3) is 23.6 Å². The zero-order chi connectivity index (χ0) is 69.8. The largest absolute Gasteiger partial charge is 0.498 e. The van der Waals surface area contributed by atoms with Crippen LogP contribution in [-0.2, 0) is 32.7 Å². The minimum absolute atomic E-state index is 0.129. The van der Waals surface area contributed by atoms with E-state index in [1.165, 1.54) is 10.0 Å². The van der Waals surface area contributed by atoms with Crippen LogP contribution < -0.4 is 25.8 Å². The molecule has 500 valence electrons. The lowest BCUT2D eigenvalue weighted by atomic mass is 9.49. The van der Waals surface area contributed by atoms with E-state index in [-0.39, 0.29) is 76.3 Å². The molecule has 0 spiro atoms. The van der Waals surface area contributed by atoms with E-state index >= 15 is 0 Å². The molecule has 3 heterocycles. The molecule has 3 aromatic carbocycles. The summed E-state index contributed by atoms with van der Waals surface area (Å²) in [4.78, 5) is 54.9. The molecular weight excluding hydrogens is 1230 g/mol. The van der Waals surface area contributed by atoms with Crippen LogP contribution in [0.2, 0.25) is 0 Å². The Kier molecular flexibility index (Phi) is 24.5. The molecule has 0 aromatic heterocycles. The second kappa shape index (κ2) is 29.4. The molecule has 18 nitrogen and oxygen atoms in total. The fourth-order valence-electron chi connectivity index (χ4n) is 11.6. The van der Waals surface area contributed by atoms with Gasteiger partial charge in [0.15, 0.2) is 13.2 Å². The Morgan fingerprint density at radius 1 is 0.609 bits per heavy atom. The van der Waals surface area contributed by atoms with Crippen molar-refractivity contribution in [3.63, 3.8) is 0 Å². The molecule has 0 saturated carbocycles. The number of allylic oxidation sites excluding steroid dienone is 3. The molecule has 0 radical (unpaired) electrons. The highest BCUT2D eigenvalue weighted by molar-refractivity contribution is 9.10. The molecule has 1 unspecified atom stereocenters. The summed E-state index contributed by atoms with van der Waals surface area (Å²) in [5, 5.41) is 21.1. The number of hydrogen-bond acceptors (Lipinski definition) is 14. The normalized spacial score (nSPS) is 19.7. The molecule has 92 heavy (non-hydrogen) atoms. The predicted octanol–water partition coefficient (Wildman–Crippen LogP) is 13.5. The van der Waals surface area contributed by atoms with Gasteiger partial charge in [-0.05, 0) is 200 Å². The fraction of sp³-hybridized carbons (Fsp3) is 0.600. The standard InChI is InChI=1S/C32H44BN3O5.C26H34BrN3O3.C12H24B2O4/c1-12-26(30(5,6)7)36(29(38)23-18-20(2)17-21(3)19-23)35-28(37)24-13-14-25(27(22(24)4)39-16-15-34)33-40-31(8,9)32(10,11)41-33;1-8-22(26(5,6)7)30(25(32)19-14-16(2)13-17(3)15-19)29-24(31)20-9-10-21(27)23(18(20)4)33-12-11-28;1-9(2)10(3,4)16-13(15-9)14-17-11(5,6)12(7,8)18-14/h13-14,17-19,26H,12,16H2,1-11H3,(H,35,37);9-10,13-14,17,22H,8,12,15H2,1-7H3,(H,29,31);1-8H3/t26-;17?,22-;/m11./s1. The van der Waals surface area contributed by atoms with Gasteiger partial charge in [-0.15, -0.1) is 0 Å². The highest BCUT2D eigenvalue weighted by Crippen LogP contribution is 2.44. The van der Waals surface area contributed by atoms with Crippen molar-refractivity contribution in [3.8, 4) is 23.6 Å². The lowest BCUT2D eigenvalue weighted by Crippen LogP contribution is -2.56. The number of hydrogen-bond donors (Lipinski definition) is 2. The van der Waals surface area contributed by atoms with Crippen molar-refractivity contribution in [1.29, 1.82) is 10.5 Å². The van der Waals surface area contributed by atoms with E-state index in [1.807, 2.05) is 175 Å². The van der Waals surface area contributed by atoms with Gasteiger partial charge in [-0.25, -0.2) is 10.0 Å². The smallest absolute Gasteiger partial charge is 0.479 e. The summed E-state index contributed by atoms with van der Waals surface area (Å²) in [6.45, 7) is 51.5. The fourth-order valence-corrected chi connectivity index (χ4v) is 12.2. The van der Waals surface area contributed by atoms with Gasteiger partial charge in [-0.1, -0.05) is 103 Å². The number of nitriles is 2. The van der Waals surface area contributed by atoms with Crippen molar-refractivity contribution in [2.24, 2.45) is 16.7 Å². The molecule has 2 N–H and O–H groups in total. The minimum Gasteiger partial charge on any atom is -0.479 e. The first-order chi connectivity index (χ1) is 42.2. The van der Waals surface area contributed by atoms with E-state index in [4.69, 9.17) is 42.7 Å². The predicted molar refractivity (Wildman–Crippen MR) is 367 cm³/mol. The maximum atomic E-state index is 13.9. The molecule has 3 aromatic rings. The summed E-state index contributed by atoms with van der Waals surface area (Å²) in [5.74, 6) is -0.253. The Bertz CT molecular complexity index is 3270. The Balaban J connectivity index is 0.000000268. The van der Waals surface area contributed by atoms with Crippen LogP contribution in [0.1, 0.15) is 225 Å². The number of hydrazine groups is 2. The van der Waals surface area contributed by atoms with E-state index in [0.717, 1.165) is 16.7 Å². The molecule has 7 rings (SSSR count). The molecule has 3 fully saturated rings. The van der Waals surface area contributed by atoms with Crippen LogP contribution in [0.5, 0.6) is 11.5 Å². The average Bonchev–Trinajstić information content (AvgIpc) is 1.59. The van der Waals surface area contributed by atoms with E-state index in [1.54, 1.807) is 38.1 Å². The van der Waals surface area contributed by atoms with Gasteiger partial charge in [0.1, 0.15) is 23.6 Å². The first-order valence-corrected chi connectivity index (χ1v) is 32.8. The minimum atomic E-state index is -0.738. The van der Waals surface area contributed by atoms with Crippen molar-refractivity contribution in [2.75, 3.05) is 13.2 Å². The average molecular weight is 1330 g/mol. The summed E-state index contributed by atoms with van der Waals surface area (Å²) in [6, 6.07) is 15.9. The molecular formula is C70H102B3BrN6O12. The number of benzene rings is 3. The zero-order valence-corrected chi connectivity index (χ0v) is 61.3. The van der Waals surface area contributed by atoms with Crippen LogP contribution in [0.15, 0.2) is 70.2 Å². The highest BCUT2D eigenvalue weighted by atomic mass is 79.9. The SMILES string of the molecule is CC1(C)OB(B2OC(C)(C)C(C)(C)O2)OC1(C)C.CC[C@@H](N(NC(=O)c1ccc(B2OC(C)(C)C(C)(C)O2)c(OCC#N)c1C)C(=O)c1cc(C)cc(C)c1)C(C)(C)C.CC[C@@H](N(NC(=O)c1ccc(Br)c(OCC#N)c1C)C(=O)C1=CC(C)=CC(C)C1)C(C)(C)C. The van der Waals surface area contributed by atoms with Crippen LogP contribution in [0.4, 0.5) is 0 Å². The third kappa shape index (κ3) is 17.7. The van der Waals surface area contributed by atoms with Crippen LogP contribution in [-0.4, -0.2) is 114 Å². The van der Waals surface area contributed by atoms with Gasteiger partial charge < -0.3 is 37.4 Å². The second-order valence-corrected chi connectivity index (χ2v) is 30.7. The van der Waals surface area contributed by atoms with Crippen molar-refractivity contribution in [2.45, 2.75) is 245 Å². The monoisotopic (exact) mass is 1330 g/mol. The van der Waals surface area contributed by atoms with Crippen LogP contribution in [0.25, 0.3) is 0 Å². The number of halogens is 1. The van der Waals surface area contributed by atoms with E-state index in [0.29, 0.717) is 74.1 Å². The number of amides is 4. The van der Waals surface area contributed by atoms with E-state index < -0.39 is 44.2 Å². The van der Waals surface area contributed by atoms with Crippen LogP contribution >= 0.6 is 15.9 Å². The van der Waals surface area contributed by atoms with Gasteiger partial charge in [0, 0.05) is 38.9 Å². The summed E-state index contributed by atoms with van der Waals surface area (Å²) >= 11 is 3.42. The molecule has 3 atom stereocenters. The number of rotatable bonds is 14. The van der Waals surface area contributed by atoms with Crippen LogP contribution in [0, 0.1) is 67.1 Å². The zero-order valence-electron chi connectivity index (χ0n) is 59.8. The summed E-state index contributed by atoms with van der Waals surface area (Å²) in [6.07, 6.45) is 6.01. The molecule has 4 aliphatic rings. The summed E-state index contributed by atoms with van der Waals surface area (Å²) in [5.41, 5.74) is 9.29. The molecule has 4 amide bonds. The van der Waals surface area contributed by atoms with Gasteiger partial charge in [-0.3, -0.25) is 30.0 Å². The van der Waals surface area contributed by atoms with Gasteiger partial charge in [-0.2, -0.15) is 10.5 Å². The second-order valence-electron chi connectivity index (χ2n) is 29.9. The number of nitrogens with zero attached hydrogens (tertiary/aromatic N) is 4. The Morgan fingerprint density at radius 3 is 1.38 bits per heavy atom. The molecule has 3 saturated heterocycles. The van der Waals surface area contributed by atoms with Crippen molar-refractivity contribution in [1.82, 2.24) is 20.9 Å². The number of aryl methyl sites for hydroxylation is 2. The maximum absolute atomic E-state index is 13.9. The van der Waals surface area contributed by atoms with E-state index in [9.17, 15) is 24.4 Å². The Morgan fingerprint density at radius 2 is 0.989 bits per heavy atom. The highest BCUT2D eigenvalue weighted by Gasteiger charge is 2.64. The lowest BCUT2D eigenvalue weighted by Gasteiger charge is -2.40. The number of ether oxygens (including phenoxy) is 2. The number of carbonyl (C=O) groups is 4. The van der Waals surface area contributed by atoms with Crippen molar-refractivity contribution in [3.05, 3.63) is 109 Å². The Hall–Kier alpha value is -5.97. The van der Waals surface area contributed by atoms with E-state index in [2.05, 4.69) is 60.6 Å². The van der Waals surface area contributed by atoms with Gasteiger partial charge in [0.05, 0.1) is 50.2 Å². The molecule has 22 heteroatoms. The van der Waals surface area contributed by atoms with Gasteiger partial charge >= 0.3 is 21.1 Å². The third-order valence-electron chi connectivity index (χ3n) is 18.6. The lowest BCUT2D eigenvalue weighted by molar-refractivity contribution is -0.135. The summed E-state index contributed by atoms with van der Waals surface area (Å²) in [7, 11) is -1.69. The number of carbonyl (C=O) groups excluding carboxylic acids is 4. The van der Waals surface area contributed by atoms with Crippen molar-refractivity contribution < 1.29 is 56.6 Å². The van der Waals surface area contributed by atoms with Crippen molar-refractivity contribution >= 4 is 66.2 Å². The Labute approximate surface area is 559 Å². The first kappa shape index (κ1) is 76.7. The van der Waals surface area contributed by atoms with Crippen LogP contribution in [0.3, 0.4) is 0 Å². The molecule has 3 aliphatic heterocycles.